The average molecular weight is 251 g/mol. The van der Waals surface area contributed by atoms with Crippen LogP contribution in [-0.4, -0.2) is 26.2 Å². The van der Waals surface area contributed by atoms with Gasteiger partial charge >= 0.3 is 5.97 Å². The number of hydrogen-bond donors (Lipinski definition) is 1. The van der Waals surface area contributed by atoms with E-state index in [0.29, 0.717) is 11.8 Å². The highest BCUT2D eigenvalue weighted by Gasteiger charge is 2.05. The first kappa shape index (κ1) is 14.5. The molecule has 0 aromatic heterocycles. The Bertz CT molecular complexity index is 362. The number of esters is 1. The normalized spacial score (nSPS) is 11.9. The highest BCUT2D eigenvalue weighted by atomic mass is 16.6. The first-order valence-corrected chi connectivity index (χ1v) is 6.20. The molecule has 0 aliphatic rings. The molecule has 0 saturated carbocycles. The number of rotatable bonds is 7. The van der Waals surface area contributed by atoms with Gasteiger partial charge in [-0.2, -0.15) is 0 Å². The van der Waals surface area contributed by atoms with Crippen LogP contribution in [0.4, 0.5) is 0 Å². The molecular formula is C14H21NO3. The minimum absolute atomic E-state index is 0.0561. The summed E-state index contributed by atoms with van der Waals surface area (Å²) < 4.78 is 9.78. The molecule has 1 aromatic rings. The minimum atomic E-state index is -0.378. The predicted molar refractivity (Wildman–Crippen MR) is 70.7 cm³/mol. The van der Waals surface area contributed by atoms with Gasteiger partial charge in [-0.05, 0) is 37.6 Å². The molecular weight excluding hydrogens is 230 g/mol. The van der Waals surface area contributed by atoms with Crippen molar-refractivity contribution in [3.05, 3.63) is 29.8 Å². The van der Waals surface area contributed by atoms with E-state index in [9.17, 15) is 4.79 Å². The molecule has 0 radical (unpaired) electrons. The number of nitrogens with one attached hydrogen (secondary N) is 1. The molecule has 0 amide bonds. The monoisotopic (exact) mass is 251 g/mol. The van der Waals surface area contributed by atoms with Crippen molar-refractivity contribution < 1.29 is 14.3 Å². The van der Waals surface area contributed by atoms with Gasteiger partial charge in [0, 0.05) is 6.04 Å². The zero-order valence-corrected chi connectivity index (χ0v) is 11.2. The Hall–Kier alpha value is -1.55. The van der Waals surface area contributed by atoms with E-state index in [1.165, 1.54) is 12.7 Å². The molecule has 4 heteroatoms. The molecule has 1 atom stereocenters. The van der Waals surface area contributed by atoms with Gasteiger partial charge < -0.3 is 14.8 Å². The van der Waals surface area contributed by atoms with Crippen LogP contribution in [0.5, 0.6) is 5.75 Å². The molecule has 0 aliphatic heterocycles. The molecule has 0 bridgehead atoms. The van der Waals surface area contributed by atoms with Crippen LogP contribution in [0.3, 0.4) is 0 Å². The van der Waals surface area contributed by atoms with E-state index in [4.69, 9.17) is 4.74 Å². The quantitative estimate of drug-likeness (QED) is 0.755. The molecule has 0 heterocycles. The van der Waals surface area contributed by atoms with Crippen LogP contribution in [0, 0.1) is 0 Å². The Labute approximate surface area is 108 Å². The van der Waals surface area contributed by atoms with Gasteiger partial charge in [0.2, 0.25) is 0 Å². The second-order valence-electron chi connectivity index (χ2n) is 4.11. The SMILES string of the molecule is CCCNC(C)c1ccc(OCC(=O)OC)cc1. The average Bonchev–Trinajstić information content (AvgIpc) is 2.42. The van der Waals surface area contributed by atoms with Gasteiger partial charge in [0.15, 0.2) is 6.61 Å². The van der Waals surface area contributed by atoms with Crippen molar-refractivity contribution in [1.82, 2.24) is 5.32 Å². The fraction of sp³-hybridized carbons (Fsp3) is 0.500. The number of carbonyl (C=O) groups is 1. The van der Waals surface area contributed by atoms with E-state index in [1.807, 2.05) is 24.3 Å². The number of hydrogen-bond acceptors (Lipinski definition) is 4. The van der Waals surface area contributed by atoms with E-state index in [-0.39, 0.29) is 12.6 Å². The van der Waals surface area contributed by atoms with Gasteiger partial charge in [0.1, 0.15) is 5.75 Å². The van der Waals surface area contributed by atoms with Crippen molar-refractivity contribution >= 4 is 5.97 Å². The molecule has 0 fully saturated rings. The second kappa shape index (κ2) is 7.71. The lowest BCUT2D eigenvalue weighted by Gasteiger charge is -2.14. The smallest absolute Gasteiger partial charge is 0.343 e. The number of methoxy groups -OCH3 is 1. The maximum atomic E-state index is 10.9. The van der Waals surface area contributed by atoms with Crippen molar-refractivity contribution in [2.75, 3.05) is 20.3 Å². The zero-order valence-electron chi connectivity index (χ0n) is 11.2. The first-order chi connectivity index (χ1) is 8.67. The Kier molecular flexibility index (Phi) is 6.22. The van der Waals surface area contributed by atoms with Crippen LogP contribution >= 0.6 is 0 Å². The van der Waals surface area contributed by atoms with Crippen LogP contribution in [-0.2, 0) is 9.53 Å². The van der Waals surface area contributed by atoms with Crippen molar-refractivity contribution in [1.29, 1.82) is 0 Å². The summed E-state index contributed by atoms with van der Waals surface area (Å²) in [6.45, 7) is 5.21. The number of ether oxygens (including phenoxy) is 2. The molecule has 1 aromatic carbocycles. The summed E-state index contributed by atoms with van der Waals surface area (Å²) in [5, 5.41) is 3.41. The van der Waals surface area contributed by atoms with Gasteiger partial charge in [0.05, 0.1) is 7.11 Å². The van der Waals surface area contributed by atoms with Crippen molar-refractivity contribution in [2.24, 2.45) is 0 Å². The first-order valence-electron chi connectivity index (χ1n) is 6.20. The summed E-state index contributed by atoms with van der Waals surface area (Å²) >= 11 is 0. The summed E-state index contributed by atoms with van der Waals surface area (Å²) in [6.07, 6.45) is 1.12. The topological polar surface area (TPSA) is 47.6 Å². The van der Waals surface area contributed by atoms with E-state index < -0.39 is 0 Å². The van der Waals surface area contributed by atoms with Gasteiger partial charge in [-0.1, -0.05) is 19.1 Å². The lowest BCUT2D eigenvalue weighted by atomic mass is 10.1. The Morgan fingerprint density at radius 2 is 2.00 bits per heavy atom. The van der Waals surface area contributed by atoms with Crippen molar-refractivity contribution in [3.8, 4) is 5.75 Å². The molecule has 1 N–H and O–H groups in total. The standard InChI is InChI=1S/C14H21NO3/c1-4-9-15-11(2)12-5-7-13(8-6-12)18-10-14(16)17-3/h5-8,11,15H,4,9-10H2,1-3H3. The van der Waals surface area contributed by atoms with Crippen molar-refractivity contribution in [2.45, 2.75) is 26.3 Å². The number of carbonyl (C=O) groups excluding carboxylic acids is 1. The summed E-state index contributed by atoms with van der Waals surface area (Å²) in [5.41, 5.74) is 1.20. The Balaban J connectivity index is 2.49. The minimum Gasteiger partial charge on any atom is -0.482 e. The van der Waals surface area contributed by atoms with Crippen LogP contribution in [0.25, 0.3) is 0 Å². The molecule has 1 rings (SSSR count). The summed E-state index contributed by atoms with van der Waals surface area (Å²) in [6, 6.07) is 8.05. The maximum Gasteiger partial charge on any atom is 0.343 e. The molecule has 0 spiro atoms. The maximum absolute atomic E-state index is 10.9. The third-order valence-electron chi connectivity index (χ3n) is 2.66. The van der Waals surface area contributed by atoms with E-state index in [1.54, 1.807) is 0 Å². The third-order valence-corrected chi connectivity index (χ3v) is 2.66. The van der Waals surface area contributed by atoms with Gasteiger partial charge in [-0.3, -0.25) is 0 Å². The van der Waals surface area contributed by atoms with Gasteiger partial charge in [0.25, 0.3) is 0 Å². The van der Waals surface area contributed by atoms with Gasteiger partial charge in [-0.25, -0.2) is 4.79 Å². The van der Waals surface area contributed by atoms with Crippen LogP contribution < -0.4 is 10.1 Å². The van der Waals surface area contributed by atoms with Crippen LogP contribution in [0.1, 0.15) is 31.9 Å². The molecule has 4 nitrogen and oxygen atoms in total. The summed E-state index contributed by atoms with van der Waals surface area (Å²) in [5.74, 6) is 0.295. The molecule has 0 saturated heterocycles. The Morgan fingerprint density at radius 1 is 1.33 bits per heavy atom. The lowest BCUT2D eigenvalue weighted by molar-refractivity contribution is -0.142. The highest BCUT2D eigenvalue weighted by Crippen LogP contribution is 2.17. The second-order valence-corrected chi connectivity index (χ2v) is 4.11. The molecule has 1 unspecified atom stereocenters. The zero-order chi connectivity index (χ0) is 13.4. The summed E-state index contributed by atoms with van der Waals surface area (Å²) in [4.78, 5) is 10.9. The molecule has 0 aliphatic carbocycles. The van der Waals surface area contributed by atoms with Crippen molar-refractivity contribution in [3.63, 3.8) is 0 Å². The summed E-state index contributed by atoms with van der Waals surface area (Å²) in [7, 11) is 1.34. The van der Waals surface area contributed by atoms with Gasteiger partial charge in [-0.15, -0.1) is 0 Å². The Morgan fingerprint density at radius 3 is 2.56 bits per heavy atom. The molecule has 18 heavy (non-hydrogen) atoms. The molecule has 100 valence electrons. The van der Waals surface area contributed by atoms with E-state index in [0.717, 1.165) is 13.0 Å². The highest BCUT2D eigenvalue weighted by molar-refractivity contribution is 5.70. The van der Waals surface area contributed by atoms with E-state index in [2.05, 4.69) is 23.9 Å². The fourth-order valence-corrected chi connectivity index (χ4v) is 1.53. The third kappa shape index (κ3) is 4.75. The lowest BCUT2D eigenvalue weighted by Crippen LogP contribution is -2.19. The predicted octanol–water partition coefficient (Wildman–Crippen LogP) is 2.30. The van der Waals surface area contributed by atoms with Crippen LogP contribution in [0.2, 0.25) is 0 Å². The van der Waals surface area contributed by atoms with E-state index >= 15 is 0 Å². The fourth-order valence-electron chi connectivity index (χ4n) is 1.53. The number of benzene rings is 1. The largest absolute Gasteiger partial charge is 0.482 e. The van der Waals surface area contributed by atoms with Crippen LogP contribution in [0.15, 0.2) is 24.3 Å².